The molecule has 0 bridgehead atoms. The van der Waals surface area contributed by atoms with Crippen molar-refractivity contribution >= 4 is 33.3 Å². The summed E-state index contributed by atoms with van der Waals surface area (Å²) in [6.45, 7) is 0. The van der Waals surface area contributed by atoms with Crippen LogP contribution in [0.1, 0.15) is 29.6 Å². The van der Waals surface area contributed by atoms with Gasteiger partial charge in [0.25, 0.3) is 0 Å². The van der Waals surface area contributed by atoms with E-state index in [1.807, 2.05) is 0 Å². The van der Waals surface area contributed by atoms with Crippen LogP contribution in [-0.2, 0) is 10.0 Å². The molecular formula is C12H14ClNO4S. The van der Waals surface area contributed by atoms with Gasteiger partial charge in [-0.2, -0.15) is 0 Å². The molecule has 7 heteroatoms. The molecule has 0 radical (unpaired) electrons. The van der Waals surface area contributed by atoms with Crippen LogP contribution in [0.25, 0.3) is 0 Å². The first-order valence-electron chi connectivity index (χ1n) is 5.91. The van der Waals surface area contributed by atoms with Crippen LogP contribution in [0.5, 0.6) is 0 Å². The number of rotatable bonds is 6. The van der Waals surface area contributed by atoms with Gasteiger partial charge in [-0.3, -0.25) is 4.72 Å². The lowest BCUT2D eigenvalue weighted by molar-refractivity contribution is 0.0697. The van der Waals surface area contributed by atoms with Crippen molar-refractivity contribution < 1.29 is 18.3 Å². The van der Waals surface area contributed by atoms with Crippen molar-refractivity contribution in [1.82, 2.24) is 0 Å². The first kappa shape index (κ1) is 14.1. The predicted molar refractivity (Wildman–Crippen MR) is 73.2 cm³/mol. The molecule has 19 heavy (non-hydrogen) atoms. The summed E-state index contributed by atoms with van der Waals surface area (Å²) in [6.07, 6.45) is 2.84. The van der Waals surface area contributed by atoms with E-state index in [1.54, 1.807) is 0 Å². The molecule has 2 rings (SSSR count). The third-order valence-electron chi connectivity index (χ3n) is 2.96. The van der Waals surface area contributed by atoms with Gasteiger partial charge in [-0.05, 0) is 30.5 Å². The van der Waals surface area contributed by atoms with Crippen LogP contribution in [-0.4, -0.2) is 25.2 Å². The molecule has 0 heterocycles. The molecular weight excluding hydrogens is 290 g/mol. The van der Waals surface area contributed by atoms with Crippen molar-refractivity contribution in [3.8, 4) is 0 Å². The number of aromatic carboxylic acids is 1. The minimum Gasteiger partial charge on any atom is -0.478 e. The minimum absolute atomic E-state index is 0.0582. The number of hydrogen-bond acceptors (Lipinski definition) is 3. The van der Waals surface area contributed by atoms with E-state index in [0.29, 0.717) is 12.3 Å². The summed E-state index contributed by atoms with van der Waals surface area (Å²) in [5, 5.41) is 8.99. The van der Waals surface area contributed by atoms with E-state index < -0.39 is 16.0 Å². The maximum absolute atomic E-state index is 11.8. The number of carbonyl (C=O) groups is 1. The minimum atomic E-state index is -3.43. The summed E-state index contributed by atoms with van der Waals surface area (Å²) in [7, 11) is -3.43. The van der Waals surface area contributed by atoms with E-state index >= 15 is 0 Å². The lowest BCUT2D eigenvalue weighted by Gasteiger charge is -2.09. The van der Waals surface area contributed by atoms with Crippen molar-refractivity contribution in [2.75, 3.05) is 10.5 Å². The zero-order valence-corrected chi connectivity index (χ0v) is 11.7. The van der Waals surface area contributed by atoms with Crippen molar-refractivity contribution in [2.24, 2.45) is 5.92 Å². The Hall–Kier alpha value is -1.27. The largest absolute Gasteiger partial charge is 0.478 e. The van der Waals surface area contributed by atoms with Gasteiger partial charge >= 0.3 is 5.97 Å². The molecule has 1 saturated carbocycles. The van der Waals surface area contributed by atoms with E-state index in [9.17, 15) is 13.2 Å². The van der Waals surface area contributed by atoms with Crippen molar-refractivity contribution in [2.45, 2.75) is 19.3 Å². The van der Waals surface area contributed by atoms with Gasteiger partial charge in [0, 0.05) is 5.69 Å². The van der Waals surface area contributed by atoms with Gasteiger partial charge in [0.2, 0.25) is 10.0 Å². The molecule has 104 valence electrons. The Labute approximate surface area is 116 Å². The van der Waals surface area contributed by atoms with Crippen LogP contribution >= 0.6 is 11.6 Å². The van der Waals surface area contributed by atoms with Crippen LogP contribution in [0.2, 0.25) is 5.02 Å². The monoisotopic (exact) mass is 303 g/mol. The van der Waals surface area contributed by atoms with Crippen LogP contribution < -0.4 is 4.72 Å². The Morgan fingerprint density at radius 2 is 2.11 bits per heavy atom. The van der Waals surface area contributed by atoms with E-state index in [4.69, 9.17) is 16.7 Å². The Bertz CT molecular complexity index is 596. The third kappa shape index (κ3) is 4.11. The fourth-order valence-electron chi connectivity index (χ4n) is 1.71. The Balaban J connectivity index is 2.09. The van der Waals surface area contributed by atoms with E-state index in [0.717, 1.165) is 12.8 Å². The second-order valence-electron chi connectivity index (χ2n) is 4.65. The zero-order chi connectivity index (χ0) is 14.0. The third-order valence-corrected chi connectivity index (χ3v) is 4.61. The number of halogens is 1. The lowest BCUT2D eigenvalue weighted by atomic mass is 10.2. The number of benzene rings is 1. The number of carboxylic acids is 1. The van der Waals surface area contributed by atoms with Crippen LogP contribution in [0.15, 0.2) is 18.2 Å². The first-order valence-corrected chi connectivity index (χ1v) is 7.94. The molecule has 0 aromatic heterocycles. The average Bonchev–Trinajstić information content (AvgIpc) is 3.12. The van der Waals surface area contributed by atoms with Crippen molar-refractivity contribution in [3.05, 3.63) is 28.8 Å². The molecule has 0 saturated heterocycles. The van der Waals surface area contributed by atoms with E-state index in [-0.39, 0.29) is 22.0 Å². The first-order chi connectivity index (χ1) is 8.87. The molecule has 0 unspecified atom stereocenters. The molecule has 1 aliphatic carbocycles. The predicted octanol–water partition coefficient (Wildman–Crippen LogP) is 2.58. The molecule has 1 aliphatic rings. The molecule has 0 atom stereocenters. The summed E-state index contributed by atoms with van der Waals surface area (Å²) >= 11 is 5.72. The Kier molecular flexibility index (Phi) is 4.01. The molecule has 0 spiro atoms. The number of hydrogen-bond donors (Lipinski definition) is 2. The second kappa shape index (κ2) is 5.38. The smallest absolute Gasteiger partial charge is 0.337 e. The van der Waals surface area contributed by atoms with Gasteiger partial charge in [-0.25, -0.2) is 13.2 Å². The molecule has 1 aromatic rings. The highest BCUT2D eigenvalue weighted by molar-refractivity contribution is 7.92. The number of nitrogens with one attached hydrogen (secondary N) is 1. The van der Waals surface area contributed by atoms with Gasteiger partial charge in [-0.1, -0.05) is 24.4 Å². The highest BCUT2D eigenvalue weighted by atomic mass is 35.5. The molecule has 1 aromatic carbocycles. The molecule has 5 nitrogen and oxygen atoms in total. The zero-order valence-electron chi connectivity index (χ0n) is 10.1. The summed E-state index contributed by atoms with van der Waals surface area (Å²) in [4.78, 5) is 10.9. The average molecular weight is 304 g/mol. The highest BCUT2D eigenvalue weighted by Crippen LogP contribution is 2.32. The fraction of sp³-hybridized carbons (Fsp3) is 0.417. The van der Waals surface area contributed by atoms with Gasteiger partial charge < -0.3 is 5.11 Å². The molecule has 0 amide bonds. The summed E-state index contributed by atoms with van der Waals surface area (Å²) < 4.78 is 26.0. The Morgan fingerprint density at radius 3 is 2.68 bits per heavy atom. The summed E-state index contributed by atoms with van der Waals surface area (Å²) in [5.74, 6) is -0.608. The SMILES string of the molecule is O=C(O)c1cc(NS(=O)(=O)CCC2CC2)ccc1Cl. The molecule has 1 fully saturated rings. The molecule has 0 aliphatic heterocycles. The van der Waals surface area contributed by atoms with Crippen LogP contribution in [0.3, 0.4) is 0 Å². The van der Waals surface area contributed by atoms with Crippen LogP contribution in [0, 0.1) is 5.92 Å². The number of anilines is 1. The van der Waals surface area contributed by atoms with Gasteiger partial charge in [-0.15, -0.1) is 0 Å². The topological polar surface area (TPSA) is 83.5 Å². The normalized spacial score (nSPS) is 15.2. The van der Waals surface area contributed by atoms with Gasteiger partial charge in [0.15, 0.2) is 0 Å². The van der Waals surface area contributed by atoms with Crippen molar-refractivity contribution in [1.29, 1.82) is 0 Å². The second-order valence-corrected chi connectivity index (χ2v) is 6.90. The van der Waals surface area contributed by atoms with E-state index in [1.165, 1.54) is 18.2 Å². The van der Waals surface area contributed by atoms with Gasteiger partial charge in [0.1, 0.15) is 0 Å². The summed E-state index contributed by atoms with van der Waals surface area (Å²) in [5.41, 5.74) is 0.0988. The van der Waals surface area contributed by atoms with Gasteiger partial charge in [0.05, 0.1) is 16.3 Å². The summed E-state index contributed by atoms with van der Waals surface area (Å²) in [6, 6.07) is 4.03. The quantitative estimate of drug-likeness (QED) is 0.846. The van der Waals surface area contributed by atoms with E-state index in [2.05, 4.69) is 4.72 Å². The van der Waals surface area contributed by atoms with Crippen molar-refractivity contribution in [3.63, 3.8) is 0 Å². The highest BCUT2D eigenvalue weighted by Gasteiger charge is 2.24. The van der Waals surface area contributed by atoms with Crippen LogP contribution in [0.4, 0.5) is 5.69 Å². The lowest BCUT2D eigenvalue weighted by Crippen LogP contribution is -2.17. The Morgan fingerprint density at radius 1 is 1.42 bits per heavy atom. The number of carboxylic acid groups (broad SMARTS) is 1. The maximum atomic E-state index is 11.8. The number of sulfonamides is 1. The molecule has 2 N–H and O–H groups in total. The standard InChI is InChI=1S/C12H14ClNO4S/c13-11-4-3-9(7-10(11)12(15)16)14-19(17,18)6-5-8-1-2-8/h3-4,7-8,14H,1-2,5-6H2,(H,15,16). The maximum Gasteiger partial charge on any atom is 0.337 e. The fourth-order valence-corrected chi connectivity index (χ4v) is 3.14.